The normalized spacial score (nSPS) is 26.1. The number of carbonyl (C=O) groups excluding carboxylic acids is 1. The van der Waals surface area contributed by atoms with E-state index in [1.807, 2.05) is 11.0 Å². The number of nitrogens with zero attached hydrogens (tertiary/aromatic N) is 4. The van der Waals surface area contributed by atoms with Crippen molar-refractivity contribution in [2.24, 2.45) is 0 Å². The molecule has 0 bridgehead atoms. The minimum atomic E-state index is 0.0419. The number of anilines is 1. The van der Waals surface area contributed by atoms with E-state index in [-0.39, 0.29) is 17.6 Å². The molecule has 5 rings (SSSR count). The zero-order chi connectivity index (χ0) is 22.1. The molecule has 0 spiro atoms. The Balaban J connectivity index is 1.25. The molecule has 7 heteroatoms. The molecule has 32 heavy (non-hydrogen) atoms. The Bertz CT molecular complexity index is 903. The first kappa shape index (κ1) is 21.6. The van der Waals surface area contributed by atoms with Gasteiger partial charge in [-0.1, -0.05) is 25.3 Å². The van der Waals surface area contributed by atoms with Crippen LogP contribution < -0.4 is 4.90 Å². The van der Waals surface area contributed by atoms with Crippen LogP contribution in [0.15, 0.2) is 24.0 Å². The number of piperazine rings is 1. The van der Waals surface area contributed by atoms with Crippen molar-refractivity contribution in [2.75, 3.05) is 24.5 Å². The predicted octanol–water partition coefficient (Wildman–Crippen LogP) is 3.87. The minimum absolute atomic E-state index is 0.0419. The van der Waals surface area contributed by atoms with Crippen LogP contribution in [-0.2, 0) is 9.53 Å². The highest BCUT2D eigenvalue weighted by Crippen LogP contribution is 2.41. The van der Waals surface area contributed by atoms with Crippen molar-refractivity contribution in [3.05, 3.63) is 29.7 Å². The van der Waals surface area contributed by atoms with Gasteiger partial charge in [0.25, 0.3) is 0 Å². The van der Waals surface area contributed by atoms with Gasteiger partial charge in [0.15, 0.2) is 0 Å². The summed E-state index contributed by atoms with van der Waals surface area (Å²) in [5.41, 5.74) is 2.13. The molecule has 1 atom stereocenters. The van der Waals surface area contributed by atoms with E-state index in [0.29, 0.717) is 24.0 Å². The Morgan fingerprint density at radius 1 is 1.12 bits per heavy atom. The maximum atomic E-state index is 12.9. The van der Waals surface area contributed by atoms with Crippen LogP contribution in [0.2, 0.25) is 0 Å². The van der Waals surface area contributed by atoms with Crippen LogP contribution in [0.4, 0.5) is 5.82 Å². The summed E-state index contributed by atoms with van der Waals surface area (Å²) in [4.78, 5) is 25.8. The Labute approximate surface area is 190 Å². The van der Waals surface area contributed by atoms with Gasteiger partial charge in [-0.05, 0) is 57.4 Å². The topological polar surface area (TPSA) is 82.4 Å². The van der Waals surface area contributed by atoms with Gasteiger partial charge in [-0.3, -0.25) is 10.2 Å². The fourth-order valence-corrected chi connectivity index (χ4v) is 5.33. The van der Waals surface area contributed by atoms with E-state index in [1.54, 1.807) is 0 Å². The average molecular weight is 438 g/mol. The van der Waals surface area contributed by atoms with Crippen molar-refractivity contribution in [1.82, 2.24) is 14.9 Å². The molecule has 1 saturated heterocycles. The molecular weight excluding hydrogens is 402 g/mol. The van der Waals surface area contributed by atoms with Crippen molar-refractivity contribution in [3.8, 4) is 0 Å². The van der Waals surface area contributed by atoms with E-state index in [2.05, 4.69) is 27.9 Å². The third-order valence-corrected chi connectivity index (χ3v) is 7.54. The van der Waals surface area contributed by atoms with Crippen molar-refractivity contribution in [3.63, 3.8) is 0 Å². The van der Waals surface area contributed by atoms with Crippen molar-refractivity contribution in [2.45, 2.75) is 88.9 Å². The molecule has 0 radical (unpaired) electrons. The zero-order valence-corrected chi connectivity index (χ0v) is 19.2. The van der Waals surface area contributed by atoms with Gasteiger partial charge in [-0.25, -0.2) is 9.97 Å². The van der Waals surface area contributed by atoms with E-state index in [9.17, 15) is 4.79 Å². The molecule has 1 aliphatic heterocycles. The summed E-state index contributed by atoms with van der Waals surface area (Å²) in [5, 5.41) is 8.77. The highest BCUT2D eigenvalue weighted by molar-refractivity contribution is 6.09. The second kappa shape index (κ2) is 8.93. The summed E-state index contributed by atoms with van der Waals surface area (Å²) in [6.45, 7) is 4.07. The molecule has 172 valence electrons. The van der Waals surface area contributed by atoms with Crippen LogP contribution in [0.3, 0.4) is 0 Å². The second-order valence-electron chi connectivity index (χ2n) is 10.1. The summed E-state index contributed by atoms with van der Waals surface area (Å²) in [5.74, 6) is 0.938. The van der Waals surface area contributed by atoms with Gasteiger partial charge in [0.05, 0.1) is 29.7 Å². The molecule has 0 aromatic carbocycles. The number of rotatable bonds is 6. The van der Waals surface area contributed by atoms with Crippen molar-refractivity contribution >= 4 is 17.4 Å². The Morgan fingerprint density at radius 2 is 1.94 bits per heavy atom. The number of hydrogen-bond donors (Lipinski definition) is 1. The van der Waals surface area contributed by atoms with Crippen LogP contribution in [-0.4, -0.2) is 63.9 Å². The molecule has 2 heterocycles. The second-order valence-corrected chi connectivity index (χ2v) is 10.1. The monoisotopic (exact) mass is 437 g/mol. The molecule has 1 aromatic rings. The van der Waals surface area contributed by atoms with Gasteiger partial charge in [0.1, 0.15) is 12.1 Å². The van der Waals surface area contributed by atoms with Gasteiger partial charge in [0, 0.05) is 25.2 Å². The molecule has 1 N–H and O–H groups in total. The van der Waals surface area contributed by atoms with Crippen LogP contribution in [0, 0.1) is 5.41 Å². The van der Waals surface area contributed by atoms with E-state index >= 15 is 0 Å². The first-order valence-electron chi connectivity index (χ1n) is 12.3. The van der Waals surface area contributed by atoms with Gasteiger partial charge in [0.2, 0.25) is 5.91 Å². The SMILES string of the molecule is CC1(OC2C=C(C(=N)c3cc(N4CCN(C5CCCCC5)C(=O)C4)ncn3)CCC2)CC1. The quantitative estimate of drug-likeness (QED) is 0.683. The predicted molar refractivity (Wildman–Crippen MR) is 124 cm³/mol. The highest BCUT2D eigenvalue weighted by Gasteiger charge is 2.40. The Kier molecular flexibility index (Phi) is 6.01. The average Bonchev–Trinajstić information content (AvgIpc) is 3.55. The molecule has 1 aromatic heterocycles. The molecule has 3 fully saturated rings. The summed E-state index contributed by atoms with van der Waals surface area (Å²) in [6, 6.07) is 2.29. The number of ether oxygens (including phenoxy) is 1. The van der Waals surface area contributed by atoms with E-state index in [0.717, 1.165) is 69.4 Å². The summed E-state index contributed by atoms with van der Waals surface area (Å²) < 4.78 is 6.24. The molecule has 1 amide bonds. The maximum absolute atomic E-state index is 12.9. The first-order chi connectivity index (χ1) is 15.5. The fourth-order valence-electron chi connectivity index (χ4n) is 5.33. The van der Waals surface area contributed by atoms with Crippen LogP contribution in [0.25, 0.3) is 0 Å². The molecule has 2 saturated carbocycles. The van der Waals surface area contributed by atoms with Gasteiger partial charge < -0.3 is 14.5 Å². The Morgan fingerprint density at radius 3 is 2.69 bits per heavy atom. The smallest absolute Gasteiger partial charge is 0.242 e. The van der Waals surface area contributed by atoms with Gasteiger partial charge in [-0.15, -0.1) is 0 Å². The summed E-state index contributed by atoms with van der Waals surface area (Å²) in [7, 11) is 0. The number of nitrogens with one attached hydrogen (secondary N) is 1. The lowest BCUT2D eigenvalue weighted by Gasteiger charge is -2.40. The standard InChI is InChI=1S/C25H35N5O2/c1-25(10-11-25)32-20-9-5-6-18(14-20)24(26)21-15-22(28-17-27-21)29-12-13-30(23(31)16-29)19-7-3-2-4-8-19/h14-15,17,19-20,26H,2-13,16H2,1H3. The molecule has 4 aliphatic rings. The van der Waals surface area contributed by atoms with Crippen molar-refractivity contribution < 1.29 is 9.53 Å². The Hall–Kier alpha value is -2.28. The fraction of sp³-hybridized carbons (Fsp3) is 0.680. The zero-order valence-electron chi connectivity index (χ0n) is 19.2. The van der Waals surface area contributed by atoms with E-state index in [4.69, 9.17) is 10.1 Å². The molecular formula is C25H35N5O2. The summed E-state index contributed by atoms with van der Waals surface area (Å²) >= 11 is 0. The first-order valence-corrected chi connectivity index (χ1v) is 12.3. The van der Waals surface area contributed by atoms with E-state index in [1.165, 1.54) is 25.6 Å². The van der Waals surface area contributed by atoms with Crippen molar-refractivity contribution in [1.29, 1.82) is 5.41 Å². The lowest BCUT2D eigenvalue weighted by Crippen LogP contribution is -2.54. The van der Waals surface area contributed by atoms with Gasteiger partial charge in [-0.2, -0.15) is 0 Å². The lowest BCUT2D eigenvalue weighted by molar-refractivity contribution is -0.134. The lowest BCUT2D eigenvalue weighted by atomic mass is 9.92. The van der Waals surface area contributed by atoms with E-state index < -0.39 is 0 Å². The number of hydrogen-bond acceptors (Lipinski definition) is 6. The van der Waals surface area contributed by atoms with Crippen LogP contribution in [0.1, 0.15) is 76.8 Å². The third-order valence-electron chi connectivity index (χ3n) is 7.54. The number of aromatic nitrogens is 2. The highest BCUT2D eigenvalue weighted by atomic mass is 16.5. The third kappa shape index (κ3) is 4.72. The van der Waals surface area contributed by atoms with Gasteiger partial charge >= 0.3 is 0 Å². The molecule has 1 unspecified atom stereocenters. The number of amides is 1. The number of allylic oxidation sites excluding steroid dienone is 1. The molecule has 3 aliphatic carbocycles. The minimum Gasteiger partial charge on any atom is -0.368 e. The largest absolute Gasteiger partial charge is 0.368 e. The number of carbonyl (C=O) groups is 1. The maximum Gasteiger partial charge on any atom is 0.242 e. The van der Waals surface area contributed by atoms with Crippen LogP contribution >= 0.6 is 0 Å². The summed E-state index contributed by atoms with van der Waals surface area (Å²) in [6.07, 6.45) is 15.0. The van der Waals surface area contributed by atoms with Crippen LogP contribution in [0.5, 0.6) is 0 Å². The molecule has 7 nitrogen and oxygen atoms in total.